The van der Waals surface area contributed by atoms with Gasteiger partial charge in [0.25, 0.3) is 0 Å². The smallest absolute Gasteiger partial charge is 0.328 e. The summed E-state index contributed by atoms with van der Waals surface area (Å²) in [7, 11) is 0. The van der Waals surface area contributed by atoms with E-state index in [0.717, 1.165) is 0 Å². The molecule has 1 aromatic rings. The van der Waals surface area contributed by atoms with Crippen LogP contribution < -0.4 is 0 Å². The molecular weight excluding hydrogens is 170 g/mol. The first-order valence-electron chi connectivity index (χ1n) is 4.01. The molecule has 0 radical (unpaired) electrons. The first-order chi connectivity index (χ1) is 5.97. The molecule has 0 unspecified atom stereocenters. The van der Waals surface area contributed by atoms with Gasteiger partial charge in [-0.25, -0.2) is 9.67 Å². The van der Waals surface area contributed by atoms with Crippen LogP contribution >= 0.6 is 0 Å². The van der Waals surface area contributed by atoms with Crippen LogP contribution in [0, 0.1) is 0 Å². The quantitative estimate of drug-likeness (QED) is 0.631. The zero-order valence-corrected chi connectivity index (χ0v) is 8.02. The third-order valence-corrected chi connectivity index (χ3v) is 1.18. The molecule has 0 aromatic carbocycles. The van der Waals surface area contributed by atoms with Gasteiger partial charge >= 0.3 is 5.97 Å². The van der Waals surface area contributed by atoms with Crippen molar-refractivity contribution < 1.29 is 9.53 Å². The lowest BCUT2D eigenvalue weighted by atomic mass is 10.2. The normalized spacial score (nSPS) is 11.3. The fourth-order valence-electron chi connectivity index (χ4n) is 0.820. The van der Waals surface area contributed by atoms with E-state index in [-0.39, 0.29) is 12.5 Å². The molecule has 1 aromatic heterocycles. The first kappa shape index (κ1) is 9.70. The van der Waals surface area contributed by atoms with Crippen molar-refractivity contribution in [1.82, 2.24) is 14.8 Å². The summed E-state index contributed by atoms with van der Waals surface area (Å²) >= 11 is 0. The van der Waals surface area contributed by atoms with Crippen LogP contribution in [-0.4, -0.2) is 26.3 Å². The third-order valence-electron chi connectivity index (χ3n) is 1.18. The summed E-state index contributed by atoms with van der Waals surface area (Å²) in [5.74, 6) is -0.307. The van der Waals surface area contributed by atoms with E-state index in [1.54, 1.807) is 0 Å². The molecule has 5 heteroatoms. The van der Waals surface area contributed by atoms with E-state index in [9.17, 15) is 4.79 Å². The van der Waals surface area contributed by atoms with Gasteiger partial charge < -0.3 is 4.74 Å². The van der Waals surface area contributed by atoms with Crippen LogP contribution in [0.25, 0.3) is 0 Å². The minimum Gasteiger partial charge on any atom is -0.459 e. The summed E-state index contributed by atoms with van der Waals surface area (Å²) in [6, 6.07) is 0. The van der Waals surface area contributed by atoms with Gasteiger partial charge in [-0.3, -0.25) is 4.79 Å². The van der Waals surface area contributed by atoms with Gasteiger partial charge in [0.15, 0.2) is 0 Å². The van der Waals surface area contributed by atoms with E-state index in [1.807, 2.05) is 20.8 Å². The van der Waals surface area contributed by atoms with E-state index in [0.29, 0.717) is 0 Å². The lowest BCUT2D eigenvalue weighted by Crippen LogP contribution is -2.26. The van der Waals surface area contributed by atoms with Crippen LogP contribution in [0.5, 0.6) is 0 Å². The maximum absolute atomic E-state index is 11.2. The minimum atomic E-state index is -0.447. The van der Waals surface area contributed by atoms with Crippen molar-refractivity contribution in [3.8, 4) is 0 Å². The summed E-state index contributed by atoms with van der Waals surface area (Å²) in [5.41, 5.74) is -0.447. The highest BCUT2D eigenvalue weighted by Crippen LogP contribution is 2.07. The maximum Gasteiger partial charge on any atom is 0.328 e. The second-order valence-electron chi connectivity index (χ2n) is 3.68. The Morgan fingerprint density at radius 3 is 2.69 bits per heavy atom. The van der Waals surface area contributed by atoms with Crippen molar-refractivity contribution in [2.75, 3.05) is 0 Å². The van der Waals surface area contributed by atoms with Crippen LogP contribution in [0.3, 0.4) is 0 Å². The third kappa shape index (κ3) is 3.68. The van der Waals surface area contributed by atoms with Gasteiger partial charge in [0, 0.05) is 0 Å². The molecule has 5 nitrogen and oxygen atoms in total. The second kappa shape index (κ2) is 3.55. The molecule has 0 bridgehead atoms. The van der Waals surface area contributed by atoms with Crippen molar-refractivity contribution in [3.63, 3.8) is 0 Å². The van der Waals surface area contributed by atoms with Gasteiger partial charge in [0.2, 0.25) is 0 Å². The first-order valence-corrected chi connectivity index (χ1v) is 4.01. The minimum absolute atomic E-state index is 0.108. The fourth-order valence-corrected chi connectivity index (χ4v) is 0.820. The van der Waals surface area contributed by atoms with Crippen LogP contribution in [-0.2, 0) is 16.1 Å². The number of esters is 1. The van der Waals surface area contributed by atoms with Crippen LogP contribution in [0.2, 0.25) is 0 Å². The Bertz CT molecular complexity index is 274. The van der Waals surface area contributed by atoms with Crippen LogP contribution in [0.1, 0.15) is 20.8 Å². The molecule has 1 rings (SSSR count). The van der Waals surface area contributed by atoms with Gasteiger partial charge in [-0.15, -0.1) is 0 Å². The molecule has 0 spiro atoms. The van der Waals surface area contributed by atoms with Crippen molar-refractivity contribution in [1.29, 1.82) is 0 Å². The average molecular weight is 183 g/mol. The maximum atomic E-state index is 11.2. The number of hydrogen-bond donors (Lipinski definition) is 0. The SMILES string of the molecule is CC(C)(C)OC(=O)Cn1cncn1. The van der Waals surface area contributed by atoms with E-state index >= 15 is 0 Å². The molecule has 0 amide bonds. The summed E-state index contributed by atoms with van der Waals surface area (Å²) in [5, 5.41) is 3.79. The molecule has 0 atom stereocenters. The van der Waals surface area contributed by atoms with Gasteiger partial charge in [-0.05, 0) is 20.8 Å². The summed E-state index contributed by atoms with van der Waals surface area (Å²) in [4.78, 5) is 14.9. The Morgan fingerprint density at radius 2 is 2.23 bits per heavy atom. The molecule has 0 saturated carbocycles. The number of carbonyl (C=O) groups is 1. The number of aromatic nitrogens is 3. The lowest BCUT2D eigenvalue weighted by Gasteiger charge is -2.19. The number of hydrogen-bond acceptors (Lipinski definition) is 4. The van der Waals surface area contributed by atoms with E-state index in [4.69, 9.17) is 4.74 Å². The largest absolute Gasteiger partial charge is 0.459 e. The summed E-state index contributed by atoms with van der Waals surface area (Å²) < 4.78 is 6.51. The van der Waals surface area contributed by atoms with E-state index in [2.05, 4.69) is 10.1 Å². The predicted molar refractivity (Wildman–Crippen MR) is 45.9 cm³/mol. The highest BCUT2D eigenvalue weighted by atomic mass is 16.6. The van der Waals surface area contributed by atoms with Crippen LogP contribution in [0.4, 0.5) is 0 Å². The van der Waals surface area contributed by atoms with E-state index in [1.165, 1.54) is 17.3 Å². The fraction of sp³-hybridized carbons (Fsp3) is 0.625. The number of rotatable bonds is 2. The summed E-state index contributed by atoms with van der Waals surface area (Å²) in [6.45, 7) is 5.59. The molecule has 0 saturated heterocycles. The second-order valence-corrected chi connectivity index (χ2v) is 3.68. The van der Waals surface area contributed by atoms with Crippen molar-refractivity contribution in [2.45, 2.75) is 32.9 Å². The highest BCUT2D eigenvalue weighted by molar-refractivity contribution is 5.69. The number of nitrogens with zero attached hydrogens (tertiary/aromatic N) is 3. The highest BCUT2D eigenvalue weighted by Gasteiger charge is 2.16. The topological polar surface area (TPSA) is 57.0 Å². The molecule has 0 aliphatic heterocycles. The molecule has 0 aliphatic rings. The average Bonchev–Trinajstić information content (AvgIpc) is 2.34. The Hall–Kier alpha value is -1.39. The van der Waals surface area contributed by atoms with Crippen molar-refractivity contribution in [2.24, 2.45) is 0 Å². The van der Waals surface area contributed by atoms with Gasteiger partial charge in [0.1, 0.15) is 24.8 Å². The van der Waals surface area contributed by atoms with Crippen LogP contribution in [0.15, 0.2) is 12.7 Å². The van der Waals surface area contributed by atoms with Gasteiger partial charge in [-0.1, -0.05) is 0 Å². The monoisotopic (exact) mass is 183 g/mol. The number of ether oxygens (including phenoxy) is 1. The van der Waals surface area contributed by atoms with Gasteiger partial charge in [0.05, 0.1) is 0 Å². The molecule has 0 aliphatic carbocycles. The molecule has 1 heterocycles. The summed E-state index contributed by atoms with van der Waals surface area (Å²) in [6.07, 6.45) is 2.86. The van der Waals surface area contributed by atoms with E-state index < -0.39 is 5.60 Å². The Kier molecular flexibility index (Phi) is 2.65. The number of carbonyl (C=O) groups excluding carboxylic acids is 1. The Labute approximate surface area is 76.7 Å². The van der Waals surface area contributed by atoms with Crippen molar-refractivity contribution in [3.05, 3.63) is 12.7 Å². The Balaban J connectivity index is 2.43. The van der Waals surface area contributed by atoms with Crippen molar-refractivity contribution >= 4 is 5.97 Å². The molecule has 72 valence electrons. The lowest BCUT2D eigenvalue weighted by molar-refractivity contribution is -0.155. The zero-order valence-electron chi connectivity index (χ0n) is 8.02. The molecule has 0 fully saturated rings. The predicted octanol–water partition coefficient (Wildman–Crippen LogP) is 0.620. The zero-order chi connectivity index (χ0) is 9.90. The molecule has 0 N–H and O–H groups in total. The van der Waals surface area contributed by atoms with Gasteiger partial charge in [-0.2, -0.15) is 5.10 Å². The molecule has 13 heavy (non-hydrogen) atoms. The standard InChI is InChI=1S/C8H13N3O2/c1-8(2,3)13-7(12)4-11-6-9-5-10-11/h5-6H,4H2,1-3H3. The Morgan fingerprint density at radius 1 is 1.54 bits per heavy atom. The molecular formula is C8H13N3O2.